The fourth-order valence-electron chi connectivity index (χ4n) is 1.75. The van der Waals surface area contributed by atoms with Crippen LogP contribution in [0.15, 0.2) is 0 Å². The number of hydrogen-bond acceptors (Lipinski definition) is 3. The standard InChI is InChI=1S/C9H13NO2/c10-7-9(5-8-6-12-8)1-3-11-4-2-9/h8H,1-6H2/t8-/m1/s1. The summed E-state index contributed by atoms with van der Waals surface area (Å²) in [5, 5.41) is 9.06. The zero-order valence-corrected chi connectivity index (χ0v) is 7.08. The molecule has 2 aliphatic heterocycles. The van der Waals surface area contributed by atoms with Crippen molar-refractivity contribution in [1.82, 2.24) is 0 Å². The third-order valence-corrected chi connectivity index (χ3v) is 2.71. The quantitative estimate of drug-likeness (QED) is 0.578. The summed E-state index contributed by atoms with van der Waals surface area (Å²) in [6.45, 7) is 2.32. The van der Waals surface area contributed by atoms with Gasteiger partial charge in [0.1, 0.15) is 0 Å². The van der Waals surface area contributed by atoms with Crippen molar-refractivity contribution < 1.29 is 9.47 Å². The summed E-state index contributed by atoms with van der Waals surface area (Å²) in [4.78, 5) is 0. The van der Waals surface area contributed by atoms with Crippen molar-refractivity contribution in [2.45, 2.75) is 25.4 Å². The third kappa shape index (κ3) is 1.60. The smallest absolute Gasteiger partial charge is 0.0825 e. The van der Waals surface area contributed by atoms with Crippen LogP contribution in [0.3, 0.4) is 0 Å². The molecule has 0 N–H and O–H groups in total. The molecule has 0 radical (unpaired) electrons. The Labute approximate surface area is 72.3 Å². The number of hydrogen-bond donors (Lipinski definition) is 0. The van der Waals surface area contributed by atoms with E-state index in [9.17, 15) is 0 Å². The van der Waals surface area contributed by atoms with E-state index < -0.39 is 0 Å². The number of rotatable bonds is 2. The molecule has 0 aliphatic carbocycles. The van der Waals surface area contributed by atoms with Crippen LogP contribution in [0, 0.1) is 16.7 Å². The maximum atomic E-state index is 9.06. The van der Waals surface area contributed by atoms with Crippen LogP contribution in [0.5, 0.6) is 0 Å². The topological polar surface area (TPSA) is 45.5 Å². The molecule has 2 saturated heterocycles. The van der Waals surface area contributed by atoms with Gasteiger partial charge in [0.05, 0.1) is 24.2 Å². The number of nitrogens with zero attached hydrogens (tertiary/aromatic N) is 1. The summed E-state index contributed by atoms with van der Waals surface area (Å²) in [5.74, 6) is 0. The van der Waals surface area contributed by atoms with Gasteiger partial charge in [-0.25, -0.2) is 0 Å². The van der Waals surface area contributed by atoms with Crippen molar-refractivity contribution in [2.24, 2.45) is 5.41 Å². The zero-order chi connectivity index (χ0) is 8.44. The van der Waals surface area contributed by atoms with Crippen LogP contribution in [0.1, 0.15) is 19.3 Å². The van der Waals surface area contributed by atoms with Crippen LogP contribution in [0.25, 0.3) is 0 Å². The monoisotopic (exact) mass is 167 g/mol. The van der Waals surface area contributed by atoms with E-state index in [4.69, 9.17) is 14.7 Å². The van der Waals surface area contributed by atoms with Gasteiger partial charge in [0.15, 0.2) is 0 Å². The van der Waals surface area contributed by atoms with Gasteiger partial charge < -0.3 is 9.47 Å². The first-order valence-electron chi connectivity index (χ1n) is 4.45. The number of epoxide rings is 1. The van der Waals surface area contributed by atoms with Gasteiger partial charge in [-0.05, 0) is 19.3 Å². The Morgan fingerprint density at radius 3 is 2.58 bits per heavy atom. The Morgan fingerprint density at radius 2 is 2.08 bits per heavy atom. The van der Waals surface area contributed by atoms with E-state index in [1.807, 2.05) is 0 Å². The van der Waals surface area contributed by atoms with Crippen molar-refractivity contribution in [2.75, 3.05) is 19.8 Å². The molecule has 0 aromatic carbocycles. The molecule has 12 heavy (non-hydrogen) atoms. The Hall–Kier alpha value is -0.590. The van der Waals surface area contributed by atoms with E-state index >= 15 is 0 Å². The van der Waals surface area contributed by atoms with Gasteiger partial charge in [-0.15, -0.1) is 0 Å². The lowest BCUT2D eigenvalue weighted by atomic mass is 9.78. The molecule has 0 unspecified atom stereocenters. The molecule has 0 bridgehead atoms. The predicted octanol–water partition coefficient (Wildman–Crippen LogP) is 1.10. The molecule has 0 aromatic rings. The Balaban J connectivity index is 1.96. The van der Waals surface area contributed by atoms with Crippen molar-refractivity contribution in [3.63, 3.8) is 0 Å². The summed E-state index contributed by atoms with van der Waals surface area (Å²) >= 11 is 0. The van der Waals surface area contributed by atoms with Gasteiger partial charge in [-0.1, -0.05) is 0 Å². The summed E-state index contributed by atoms with van der Waals surface area (Å²) in [5.41, 5.74) is -0.139. The molecule has 2 heterocycles. The molecule has 0 aromatic heterocycles. The molecule has 3 heteroatoms. The molecule has 1 atom stereocenters. The minimum atomic E-state index is -0.139. The minimum absolute atomic E-state index is 0.139. The highest BCUT2D eigenvalue weighted by molar-refractivity contribution is 5.02. The molecule has 0 saturated carbocycles. The largest absolute Gasteiger partial charge is 0.381 e. The molecule has 2 fully saturated rings. The predicted molar refractivity (Wildman–Crippen MR) is 42.5 cm³/mol. The van der Waals surface area contributed by atoms with Crippen molar-refractivity contribution >= 4 is 0 Å². The number of nitriles is 1. The highest BCUT2D eigenvalue weighted by Crippen LogP contribution is 2.37. The first-order valence-corrected chi connectivity index (χ1v) is 4.45. The average Bonchev–Trinajstić information content (AvgIpc) is 2.90. The number of ether oxygens (including phenoxy) is 2. The van der Waals surface area contributed by atoms with Crippen LogP contribution in [-0.2, 0) is 9.47 Å². The van der Waals surface area contributed by atoms with Crippen LogP contribution in [-0.4, -0.2) is 25.9 Å². The summed E-state index contributed by atoms with van der Waals surface area (Å²) in [6, 6.07) is 2.43. The van der Waals surface area contributed by atoms with Gasteiger partial charge in [0.2, 0.25) is 0 Å². The lowest BCUT2D eigenvalue weighted by Gasteiger charge is -2.29. The molecule has 3 nitrogen and oxygen atoms in total. The Morgan fingerprint density at radius 1 is 1.42 bits per heavy atom. The highest BCUT2D eigenvalue weighted by atomic mass is 16.6. The normalized spacial score (nSPS) is 32.4. The molecular formula is C9H13NO2. The molecule has 2 rings (SSSR count). The van der Waals surface area contributed by atoms with Crippen LogP contribution in [0.2, 0.25) is 0 Å². The van der Waals surface area contributed by atoms with Crippen molar-refractivity contribution in [3.05, 3.63) is 0 Å². The second-order valence-corrected chi connectivity index (χ2v) is 3.66. The van der Waals surface area contributed by atoms with Crippen LogP contribution >= 0.6 is 0 Å². The van der Waals surface area contributed by atoms with E-state index in [0.29, 0.717) is 6.10 Å². The minimum Gasteiger partial charge on any atom is -0.381 e. The maximum Gasteiger partial charge on any atom is 0.0825 e. The highest BCUT2D eigenvalue weighted by Gasteiger charge is 2.39. The van der Waals surface area contributed by atoms with Gasteiger partial charge in [-0.3, -0.25) is 0 Å². The second-order valence-electron chi connectivity index (χ2n) is 3.66. The SMILES string of the molecule is N#CC1(C[C@@H]2CO2)CCOCC1. The lowest BCUT2D eigenvalue weighted by Crippen LogP contribution is -2.29. The Bertz CT molecular complexity index is 199. The molecule has 0 amide bonds. The second kappa shape index (κ2) is 3.04. The summed E-state index contributed by atoms with van der Waals surface area (Å²) in [7, 11) is 0. The fraction of sp³-hybridized carbons (Fsp3) is 0.889. The molecule has 66 valence electrons. The Kier molecular flexibility index (Phi) is 2.03. The summed E-state index contributed by atoms with van der Waals surface area (Å²) < 4.78 is 10.4. The molecule has 0 spiro atoms. The van der Waals surface area contributed by atoms with E-state index in [0.717, 1.165) is 39.1 Å². The van der Waals surface area contributed by atoms with Gasteiger partial charge >= 0.3 is 0 Å². The van der Waals surface area contributed by atoms with E-state index in [1.54, 1.807) is 0 Å². The van der Waals surface area contributed by atoms with Crippen molar-refractivity contribution in [1.29, 1.82) is 5.26 Å². The van der Waals surface area contributed by atoms with E-state index in [2.05, 4.69) is 6.07 Å². The summed E-state index contributed by atoms with van der Waals surface area (Å²) in [6.07, 6.45) is 3.03. The van der Waals surface area contributed by atoms with Crippen LogP contribution < -0.4 is 0 Å². The first-order chi connectivity index (χ1) is 5.85. The van der Waals surface area contributed by atoms with Gasteiger partial charge in [-0.2, -0.15) is 5.26 Å². The third-order valence-electron chi connectivity index (χ3n) is 2.71. The lowest BCUT2D eigenvalue weighted by molar-refractivity contribution is 0.0339. The van der Waals surface area contributed by atoms with Gasteiger partial charge in [0.25, 0.3) is 0 Å². The average molecular weight is 167 g/mol. The zero-order valence-electron chi connectivity index (χ0n) is 7.08. The van der Waals surface area contributed by atoms with Crippen LogP contribution in [0.4, 0.5) is 0 Å². The van der Waals surface area contributed by atoms with Gasteiger partial charge in [0, 0.05) is 13.2 Å². The fourth-order valence-corrected chi connectivity index (χ4v) is 1.75. The van der Waals surface area contributed by atoms with E-state index in [1.165, 1.54) is 0 Å². The maximum absolute atomic E-state index is 9.06. The molecule has 2 aliphatic rings. The van der Waals surface area contributed by atoms with E-state index in [-0.39, 0.29) is 5.41 Å². The van der Waals surface area contributed by atoms with Crippen molar-refractivity contribution in [3.8, 4) is 6.07 Å². The first kappa shape index (κ1) is 8.03. The molecular weight excluding hydrogens is 154 g/mol.